The van der Waals surface area contributed by atoms with E-state index in [0.29, 0.717) is 4.75 Å². The SMILES string of the molecule is C[CH2][Ge]([Cl])([CH2]C)[CH]1C=CC=C1. The van der Waals surface area contributed by atoms with Crippen LogP contribution in [0.5, 0.6) is 0 Å². The van der Waals surface area contributed by atoms with Gasteiger partial charge in [0.15, 0.2) is 0 Å². The molecule has 0 saturated carbocycles. The first kappa shape index (κ1) is 9.40. The molecule has 11 heavy (non-hydrogen) atoms. The van der Waals surface area contributed by atoms with Crippen LogP contribution in [0.3, 0.4) is 0 Å². The van der Waals surface area contributed by atoms with Crippen LogP contribution < -0.4 is 0 Å². The van der Waals surface area contributed by atoms with Crippen molar-refractivity contribution in [2.24, 2.45) is 0 Å². The fraction of sp³-hybridized carbons (Fsp3) is 0.556. The predicted octanol–water partition coefficient (Wildman–Crippen LogP) is 3.71. The number of hydrogen-bond acceptors (Lipinski definition) is 0. The van der Waals surface area contributed by atoms with E-state index in [1.54, 1.807) is 0 Å². The molecule has 0 unspecified atom stereocenters. The average Bonchev–Trinajstić information content (AvgIpc) is 2.55. The Morgan fingerprint density at radius 1 is 1.18 bits per heavy atom. The first-order valence-electron chi connectivity index (χ1n) is 4.27. The van der Waals surface area contributed by atoms with Crippen molar-refractivity contribution in [2.45, 2.75) is 29.1 Å². The van der Waals surface area contributed by atoms with Crippen LogP contribution >= 0.6 is 10.0 Å². The van der Waals surface area contributed by atoms with E-state index in [4.69, 9.17) is 10.0 Å². The van der Waals surface area contributed by atoms with Crippen LogP contribution in [0.15, 0.2) is 24.3 Å². The van der Waals surface area contributed by atoms with Gasteiger partial charge in [0.05, 0.1) is 0 Å². The molecule has 0 aromatic carbocycles. The van der Waals surface area contributed by atoms with E-state index in [2.05, 4.69) is 38.2 Å². The van der Waals surface area contributed by atoms with Crippen LogP contribution in [0.25, 0.3) is 0 Å². The molecule has 62 valence electrons. The van der Waals surface area contributed by atoms with Gasteiger partial charge in [-0.2, -0.15) is 0 Å². The molecule has 0 fully saturated rings. The van der Waals surface area contributed by atoms with Crippen molar-refractivity contribution in [2.75, 3.05) is 0 Å². The van der Waals surface area contributed by atoms with Crippen molar-refractivity contribution >= 4 is 22.3 Å². The molecule has 0 radical (unpaired) electrons. The molecule has 2 heteroatoms. The fourth-order valence-electron chi connectivity index (χ4n) is 1.50. The van der Waals surface area contributed by atoms with Gasteiger partial charge in [0.1, 0.15) is 0 Å². The third kappa shape index (κ3) is 1.91. The first-order valence-corrected chi connectivity index (χ1v) is 11.2. The molecule has 0 N–H and O–H groups in total. The normalized spacial score (nSPS) is 18.1. The van der Waals surface area contributed by atoms with Crippen LogP contribution in [-0.2, 0) is 0 Å². The van der Waals surface area contributed by atoms with Crippen LogP contribution in [-0.4, -0.2) is 12.3 Å². The molecule has 1 aliphatic rings. The van der Waals surface area contributed by atoms with Crippen molar-refractivity contribution in [3.8, 4) is 0 Å². The molecule has 0 aromatic heterocycles. The van der Waals surface area contributed by atoms with Gasteiger partial charge in [0.2, 0.25) is 0 Å². The monoisotopic (exact) mass is 232 g/mol. The molecule has 0 nitrogen and oxygen atoms in total. The Kier molecular flexibility index (Phi) is 3.26. The van der Waals surface area contributed by atoms with E-state index >= 15 is 0 Å². The molecule has 0 heterocycles. The zero-order valence-electron chi connectivity index (χ0n) is 7.18. The average molecular weight is 231 g/mol. The molecular weight excluding hydrogens is 216 g/mol. The van der Waals surface area contributed by atoms with E-state index < -0.39 is 12.3 Å². The molecular formula is C9H15ClGe. The van der Waals surface area contributed by atoms with Crippen molar-refractivity contribution in [3.05, 3.63) is 24.3 Å². The summed E-state index contributed by atoms with van der Waals surface area (Å²) >= 11 is -1.97. The maximum absolute atomic E-state index is 6.60. The summed E-state index contributed by atoms with van der Waals surface area (Å²) in [7, 11) is 6.60. The fourth-order valence-corrected chi connectivity index (χ4v) is 7.19. The third-order valence-electron chi connectivity index (χ3n) is 2.52. The molecule has 0 bridgehead atoms. The number of halogens is 1. The van der Waals surface area contributed by atoms with Gasteiger partial charge >= 0.3 is 75.8 Å². The summed E-state index contributed by atoms with van der Waals surface area (Å²) in [5.41, 5.74) is 0. The second-order valence-electron chi connectivity index (χ2n) is 3.04. The summed E-state index contributed by atoms with van der Waals surface area (Å²) in [5, 5.41) is 2.44. The van der Waals surface area contributed by atoms with Gasteiger partial charge in [-0.25, -0.2) is 0 Å². The van der Waals surface area contributed by atoms with E-state index in [-0.39, 0.29) is 0 Å². The van der Waals surface area contributed by atoms with E-state index in [1.165, 1.54) is 10.5 Å². The van der Waals surface area contributed by atoms with Crippen LogP contribution in [0.4, 0.5) is 0 Å². The summed E-state index contributed by atoms with van der Waals surface area (Å²) in [6.45, 7) is 4.47. The number of hydrogen-bond donors (Lipinski definition) is 0. The Hall–Kier alpha value is 0.313. The molecule has 0 atom stereocenters. The molecule has 1 rings (SSSR count). The quantitative estimate of drug-likeness (QED) is 0.649. The van der Waals surface area contributed by atoms with Gasteiger partial charge in [-0.05, 0) is 0 Å². The minimum atomic E-state index is -1.97. The van der Waals surface area contributed by atoms with E-state index in [9.17, 15) is 0 Å². The standard InChI is InChI=1S/C9H15ClGe/c1-3-11(10,4-2)9-7-5-6-8-9/h5-9H,3-4H2,1-2H3. The van der Waals surface area contributed by atoms with Gasteiger partial charge in [0.25, 0.3) is 0 Å². The van der Waals surface area contributed by atoms with Crippen molar-refractivity contribution in [1.29, 1.82) is 0 Å². The topological polar surface area (TPSA) is 0 Å². The molecule has 0 spiro atoms. The Labute approximate surface area is 75.9 Å². The van der Waals surface area contributed by atoms with Crippen LogP contribution in [0.1, 0.15) is 13.8 Å². The minimum absolute atomic E-state index is 0.631. The summed E-state index contributed by atoms with van der Waals surface area (Å²) in [6, 6.07) is 0. The Balaban J connectivity index is 2.68. The number of allylic oxidation sites excluding steroid dienone is 4. The van der Waals surface area contributed by atoms with Crippen LogP contribution in [0.2, 0.25) is 15.3 Å². The molecule has 0 amide bonds. The summed E-state index contributed by atoms with van der Waals surface area (Å²) in [4.78, 5) is 0. The Morgan fingerprint density at radius 3 is 2.00 bits per heavy atom. The van der Waals surface area contributed by atoms with Crippen molar-refractivity contribution < 1.29 is 0 Å². The Bertz CT molecular complexity index is 168. The molecule has 0 aromatic rings. The molecule has 1 aliphatic carbocycles. The van der Waals surface area contributed by atoms with Crippen LogP contribution in [0, 0.1) is 0 Å². The molecule has 0 aliphatic heterocycles. The van der Waals surface area contributed by atoms with E-state index in [0.717, 1.165) is 0 Å². The second kappa shape index (κ2) is 3.81. The summed E-state index contributed by atoms with van der Waals surface area (Å²) < 4.78 is 0.631. The van der Waals surface area contributed by atoms with Gasteiger partial charge in [0, 0.05) is 0 Å². The predicted molar refractivity (Wildman–Crippen MR) is 54.6 cm³/mol. The maximum atomic E-state index is 6.60. The summed E-state index contributed by atoms with van der Waals surface area (Å²) in [5.74, 6) is 0. The molecule has 0 saturated heterocycles. The number of rotatable bonds is 3. The van der Waals surface area contributed by atoms with Gasteiger partial charge in [-0.3, -0.25) is 0 Å². The second-order valence-corrected chi connectivity index (χ2v) is 15.7. The van der Waals surface area contributed by atoms with Gasteiger partial charge < -0.3 is 0 Å². The van der Waals surface area contributed by atoms with Gasteiger partial charge in [-0.1, -0.05) is 0 Å². The van der Waals surface area contributed by atoms with Crippen molar-refractivity contribution in [3.63, 3.8) is 0 Å². The third-order valence-corrected chi connectivity index (χ3v) is 14.9. The van der Waals surface area contributed by atoms with Crippen molar-refractivity contribution in [1.82, 2.24) is 0 Å². The van der Waals surface area contributed by atoms with Gasteiger partial charge in [-0.15, -0.1) is 0 Å². The zero-order valence-corrected chi connectivity index (χ0v) is 10.0. The summed E-state index contributed by atoms with van der Waals surface area (Å²) in [6.07, 6.45) is 8.77. The Morgan fingerprint density at radius 2 is 1.64 bits per heavy atom. The first-order chi connectivity index (χ1) is 5.23. The van der Waals surface area contributed by atoms with E-state index in [1.807, 2.05) is 0 Å². The zero-order chi connectivity index (χ0) is 8.32.